The van der Waals surface area contributed by atoms with Gasteiger partial charge in [0, 0.05) is 23.0 Å². The monoisotopic (exact) mass is 468 g/mol. The maximum absolute atomic E-state index is 13.0. The number of aryl methyl sites for hydroxylation is 1. The van der Waals surface area contributed by atoms with Crippen molar-refractivity contribution < 1.29 is 22.8 Å². The topological polar surface area (TPSA) is 93.5 Å². The maximum atomic E-state index is 13.0. The zero-order valence-electron chi connectivity index (χ0n) is 16.2. The fraction of sp³-hybridized carbons (Fsp3) is 0.350. The summed E-state index contributed by atoms with van der Waals surface area (Å²) < 4.78 is 25.6. The Morgan fingerprint density at radius 1 is 1.07 bits per heavy atom. The van der Waals surface area contributed by atoms with Gasteiger partial charge in [0.2, 0.25) is 0 Å². The predicted octanol–water partition coefficient (Wildman–Crippen LogP) is 3.25. The van der Waals surface area contributed by atoms with Gasteiger partial charge in [-0.3, -0.25) is 19.3 Å². The molecule has 2 aromatic rings. The number of benzene rings is 1. The lowest BCUT2D eigenvalue weighted by atomic mass is 10.1. The molecule has 1 aromatic carbocycles. The number of ketones is 1. The lowest BCUT2D eigenvalue weighted by Gasteiger charge is -2.17. The molecule has 2 aliphatic heterocycles. The summed E-state index contributed by atoms with van der Waals surface area (Å²) in [5.74, 6) is -1.44. The largest absolute Gasteiger partial charge is 0.344 e. The van der Waals surface area contributed by atoms with E-state index in [2.05, 4.69) is 0 Å². The van der Waals surface area contributed by atoms with Gasteiger partial charge in [0.15, 0.2) is 15.6 Å². The van der Waals surface area contributed by atoms with Crippen LogP contribution in [0.1, 0.15) is 54.9 Å². The first kappa shape index (κ1) is 21.1. The fourth-order valence-corrected chi connectivity index (χ4v) is 6.28. The maximum Gasteiger partial charge on any atom is 0.262 e. The van der Waals surface area contributed by atoms with Gasteiger partial charge in [-0.15, -0.1) is 0 Å². The molecule has 0 bridgehead atoms. The number of nitrogens with zero attached hydrogens (tertiary/aromatic N) is 2. The van der Waals surface area contributed by atoms with Gasteiger partial charge in [-0.2, -0.15) is 0 Å². The van der Waals surface area contributed by atoms with Crippen molar-refractivity contribution in [3.8, 4) is 0 Å². The average Bonchev–Trinajstić information content (AvgIpc) is 3.24. The molecule has 30 heavy (non-hydrogen) atoms. The highest BCUT2D eigenvalue weighted by atomic mass is 35.5. The van der Waals surface area contributed by atoms with Crippen molar-refractivity contribution in [2.24, 2.45) is 0 Å². The van der Waals surface area contributed by atoms with Crippen LogP contribution in [-0.4, -0.2) is 53.5 Å². The number of Topliss-reactive ketones (excluding diaryl/α,β-unsaturated/α-hetero) is 1. The average molecular weight is 469 g/mol. The molecule has 4 rings (SSSR count). The molecule has 1 fully saturated rings. The molecule has 1 aromatic heterocycles. The predicted molar refractivity (Wildman–Crippen MR) is 112 cm³/mol. The smallest absolute Gasteiger partial charge is 0.262 e. The number of aromatic nitrogens is 1. The number of sulfone groups is 1. The summed E-state index contributed by atoms with van der Waals surface area (Å²) in [4.78, 5) is 39.2. The van der Waals surface area contributed by atoms with Gasteiger partial charge in [0.1, 0.15) is 0 Å². The third kappa shape index (κ3) is 3.36. The second kappa shape index (κ2) is 7.21. The molecule has 1 saturated heterocycles. The molecule has 2 aliphatic rings. The van der Waals surface area contributed by atoms with E-state index in [0.29, 0.717) is 17.7 Å². The van der Waals surface area contributed by atoms with E-state index in [1.54, 1.807) is 19.9 Å². The second-order valence-electron chi connectivity index (χ2n) is 7.64. The van der Waals surface area contributed by atoms with Crippen molar-refractivity contribution in [1.29, 1.82) is 0 Å². The molecule has 10 heteroatoms. The van der Waals surface area contributed by atoms with Gasteiger partial charge in [0.05, 0.1) is 39.2 Å². The SMILES string of the molecule is Cc1cc(C(=O)CN2C(=O)c3cc(Cl)c(Cl)cc3C2=O)c(C)n1C1CCS(=O)(=O)C1. The molecular formula is C20H18Cl2N2O5S. The molecule has 0 radical (unpaired) electrons. The first-order valence-electron chi connectivity index (χ1n) is 9.27. The Morgan fingerprint density at radius 2 is 1.63 bits per heavy atom. The Kier molecular flexibility index (Phi) is 5.07. The van der Waals surface area contributed by atoms with E-state index >= 15 is 0 Å². The summed E-state index contributed by atoms with van der Waals surface area (Å²) in [6.45, 7) is 3.13. The van der Waals surface area contributed by atoms with Crippen LogP contribution in [0, 0.1) is 13.8 Å². The molecule has 2 amide bonds. The number of hydrogen-bond donors (Lipinski definition) is 0. The van der Waals surface area contributed by atoms with Crippen LogP contribution in [0.4, 0.5) is 0 Å². The van der Waals surface area contributed by atoms with Crippen LogP contribution < -0.4 is 0 Å². The van der Waals surface area contributed by atoms with E-state index in [0.717, 1.165) is 10.6 Å². The molecule has 0 spiro atoms. The first-order chi connectivity index (χ1) is 14.0. The summed E-state index contributed by atoms with van der Waals surface area (Å²) in [6, 6.07) is 4.11. The van der Waals surface area contributed by atoms with Crippen LogP contribution in [-0.2, 0) is 9.84 Å². The third-order valence-corrected chi connectivity index (χ3v) is 8.14. The standard InChI is InChI=1S/C20H18Cl2N2O5S/c1-10-5-13(11(2)24(10)12-3-4-30(28,29)9-12)18(25)8-23-19(26)14-6-16(21)17(22)7-15(14)20(23)27/h5-7,12H,3-4,8-9H2,1-2H3. The fourth-order valence-electron chi connectivity index (χ4n) is 4.26. The first-order valence-corrected chi connectivity index (χ1v) is 11.8. The summed E-state index contributed by atoms with van der Waals surface area (Å²) in [5.41, 5.74) is 1.98. The van der Waals surface area contributed by atoms with Crippen LogP contribution >= 0.6 is 23.2 Å². The summed E-state index contributed by atoms with van der Waals surface area (Å²) >= 11 is 11.9. The quantitative estimate of drug-likeness (QED) is 0.506. The third-order valence-electron chi connectivity index (χ3n) is 5.67. The molecule has 0 N–H and O–H groups in total. The second-order valence-corrected chi connectivity index (χ2v) is 10.7. The summed E-state index contributed by atoms with van der Waals surface area (Å²) in [5, 5.41) is 0.305. The Bertz CT molecular complexity index is 1190. The number of imide groups is 1. The van der Waals surface area contributed by atoms with Crippen LogP contribution in [0.2, 0.25) is 10.0 Å². The van der Waals surface area contributed by atoms with E-state index in [-0.39, 0.29) is 38.7 Å². The van der Waals surface area contributed by atoms with Crippen molar-refractivity contribution in [2.75, 3.05) is 18.1 Å². The van der Waals surface area contributed by atoms with Crippen LogP contribution in [0.25, 0.3) is 0 Å². The van der Waals surface area contributed by atoms with Gasteiger partial charge in [-0.05, 0) is 38.5 Å². The zero-order valence-corrected chi connectivity index (χ0v) is 18.6. The van der Waals surface area contributed by atoms with E-state index in [1.807, 2.05) is 4.57 Å². The van der Waals surface area contributed by atoms with Crippen LogP contribution in [0.3, 0.4) is 0 Å². The highest BCUT2D eigenvalue weighted by Gasteiger charge is 2.38. The molecular weight excluding hydrogens is 451 g/mol. The Hall–Kier alpha value is -2.16. The minimum atomic E-state index is -3.08. The molecule has 7 nitrogen and oxygen atoms in total. The number of hydrogen-bond acceptors (Lipinski definition) is 5. The van der Waals surface area contributed by atoms with E-state index < -0.39 is 34.0 Å². The lowest BCUT2D eigenvalue weighted by molar-refractivity contribution is 0.0624. The number of carbonyl (C=O) groups excluding carboxylic acids is 3. The normalized spacial score (nSPS) is 20.1. The van der Waals surface area contributed by atoms with Crippen molar-refractivity contribution >= 4 is 50.6 Å². The van der Waals surface area contributed by atoms with Crippen molar-refractivity contribution in [1.82, 2.24) is 9.47 Å². The van der Waals surface area contributed by atoms with Crippen LogP contribution in [0.15, 0.2) is 18.2 Å². The zero-order chi connectivity index (χ0) is 22.0. The molecule has 0 saturated carbocycles. The number of rotatable bonds is 4. The van der Waals surface area contributed by atoms with Gasteiger partial charge < -0.3 is 4.57 Å². The van der Waals surface area contributed by atoms with E-state index in [4.69, 9.17) is 23.2 Å². The Morgan fingerprint density at radius 3 is 2.13 bits per heavy atom. The molecule has 1 atom stereocenters. The molecule has 1 unspecified atom stereocenters. The summed E-state index contributed by atoms with van der Waals surface area (Å²) in [7, 11) is -3.08. The Labute approximate surface area is 183 Å². The lowest BCUT2D eigenvalue weighted by Crippen LogP contribution is -2.35. The Balaban J connectivity index is 1.60. The number of fused-ring (bicyclic) bond motifs is 1. The molecule has 0 aliphatic carbocycles. The van der Waals surface area contributed by atoms with Crippen LogP contribution in [0.5, 0.6) is 0 Å². The number of halogens is 2. The number of amides is 2. The van der Waals surface area contributed by atoms with E-state index in [9.17, 15) is 22.8 Å². The van der Waals surface area contributed by atoms with Gasteiger partial charge in [0.25, 0.3) is 11.8 Å². The van der Waals surface area contributed by atoms with Gasteiger partial charge in [-0.1, -0.05) is 23.2 Å². The van der Waals surface area contributed by atoms with Crippen molar-refractivity contribution in [3.63, 3.8) is 0 Å². The molecule has 158 valence electrons. The van der Waals surface area contributed by atoms with Gasteiger partial charge >= 0.3 is 0 Å². The van der Waals surface area contributed by atoms with Gasteiger partial charge in [-0.25, -0.2) is 8.42 Å². The van der Waals surface area contributed by atoms with E-state index in [1.165, 1.54) is 12.1 Å². The molecule has 3 heterocycles. The van der Waals surface area contributed by atoms with Crippen molar-refractivity contribution in [2.45, 2.75) is 26.3 Å². The minimum absolute atomic E-state index is 0.0386. The number of carbonyl (C=O) groups is 3. The van der Waals surface area contributed by atoms with Crippen molar-refractivity contribution in [3.05, 3.63) is 56.3 Å². The minimum Gasteiger partial charge on any atom is -0.344 e. The highest BCUT2D eigenvalue weighted by Crippen LogP contribution is 2.32. The highest BCUT2D eigenvalue weighted by molar-refractivity contribution is 7.91. The summed E-state index contributed by atoms with van der Waals surface area (Å²) in [6.07, 6.45) is 0.492.